The molecule has 2 unspecified atom stereocenters. The predicted octanol–water partition coefficient (Wildman–Crippen LogP) is 14.5. The minimum atomic E-state index is -1.06. The molecule has 4 heterocycles. The highest BCUT2D eigenvalue weighted by atomic mass is 16.6. The largest absolute Gasteiger partial charge is 0.508 e. The Morgan fingerprint density at radius 2 is 0.959 bits per heavy atom. The third-order valence-electron chi connectivity index (χ3n) is 18.6. The molecule has 2 fully saturated rings. The number of benzene rings is 6. The van der Waals surface area contributed by atoms with Gasteiger partial charge in [0.25, 0.3) is 0 Å². The first kappa shape index (κ1) is 72.1. The predicted molar refractivity (Wildman–Crippen MR) is 377 cm³/mol. The van der Waals surface area contributed by atoms with Gasteiger partial charge in [0.15, 0.2) is 0 Å². The lowest BCUT2D eigenvalue weighted by Gasteiger charge is -2.45. The Bertz CT molecular complexity index is 4100. The van der Waals surface area contributed by atoms with Crippen LogP contribution in [0.2, 0.25) is 0 Å². The van der Waals surface area contributed by atoms with Crippen molar-refractivity contribution in [2.45, 2.75) is 166 Å². The van der Waals surface area contributed by atoms with E-state index >= 15 is 0 Å². The molecule has 0 amide bonds. The molecular formula is C77H88N6O15. The first-order valence-corrected chi connectivity index (χ1v) is 33.4. The number of phenolic OH excluding ortho intramolecular Hbond substituents is 1. The van der Waals surface area contributed by atoms with E-state index in [1.54, 1.807) is 24.3 Å². The van der Waals surface area contributed by atoms with Gasteiger partial charge >= 0.3 is 35.8 Å². The van der Waals surface area contributed by atoms with Gasteiger partial charge in [-0.15, -0.1) is 0 Å². The zero-order valence-corrected chi connectivity index (χ0v) is 57.2. The number of aliphatic carboxylic acids is 1. The highest BCUT2D eigenvalue weighted by Crippen LogP contribution is 2.56. The van der Waals surface area contributed by atoms with Crippen molar-refractivity contribution in [3.8, 4) is 23.0 Å². The number of anilines is 2. The molecule has 12 rings (SSSR count). The summed E-state index contributed by atoms with van der Waals surface area (Å²) in [7, 11) is 4.06. The van der Waals surface area contributed by atoms with Crippen LogP contribution in [0.15, 0.2) is 153 Å². The molecule has 516 valence electrons. The second-order valence-corrected chi connectivity index (χ2v) is 26.2. The number of aromatic hydroxyl groups is 1. The molecule has 2 saturated carbocycles. The quantitative estimate of drug-likeness (QED) is 0.0215. The average molecular weight is 1340 g/mol. The highest BCUT2D eigenvalue weighted by Gasteiger charge is 2.60. The summed E-state index contributed by atoms with van der Waals surface area (Å²) in [4.78, 5) is 90.5. The van der Waals surface area contributed by atoms with E-state index in [1.807, 2.05) is 68.0 Å². The highest BCUT2D eigenvalue weighted by molar-refractivity contribution is 6.02. The number of esters is 5. The number of hydrogen-bond donors (Lipinski definition) is 2. The summed E-state index contributed by atoms with van der Waals surface area (Å²) in [5.41, 5.74) is 4.49. The SMILES string of the molecule is C(=NC1CCCCC1)=NC1CCCCC1.C=C(C)C(=O)OCCOC(=O)CCC(=O)O.C=C(C)C(=O)OCCOC(=O)CCC(=O)Oc1ccc2ccc3c(c2c1)N=CC1(O3)N(C)c2ccccc2C1(C)C.CN1c2ccccc2C(C)(C)C12C=Nc1c(ccc3ccc(O)cc13)O2. The summed E-state index contributed by atoms with van der Waals surface area (Å²) >= 11 is 0. The minimum Gasteiger partial charge on any atom is -0.508 e. The van der Waals surface area contributed by atoms with Gasteiger partial charge in [0.1, 0.15) is 60.8 Å². The fraction of sp³-hybridized carbons (Fsp3) is 0.416. The number of fused-ring (bicyclic) bond motifs is 8. The molecule has 2 aliphatic carbocycles. The number of phenols is 1. The van der Waals surface area contributed by atoms with Gasteiger partial charge in [0.2, 0.25) is 11.4 Å². The standard InChI is InChI=1S/C32H32N2O7.C22H20N2O2.C13H22N2.C10H14O6/c1-20(2)30(37)39-17-16-38-27(35)14-15-28(36)40-22-12-10-21-11-13-26-29(23(21)18-22)33-19-32(41-26)31(3,4)24-8-6-7-9-25(24)34(32)5;1-21(2)17-6-4-5-7-18(17)24(3)22(21)13-23-20-16-12-15(25)10-8-14(16)9-11-19(20)26-22;1-3-7-12(8-4-1)14-11-15-13-9-5-2-6-10-13;1-7(2)10(14)16-6-5-15-9(13)4-3-8(11)12/h6-13,18-19H,1,14-17H2,2-5H3;4-13,25H,1-3H3;12-13H,1-10H2;1,3-6H2,2H3,(H,11,12). The number of rotatable bonds is 17. The summed E-state index contributed by atoms with van der Waals surface area (Å²) in [6.45, 7) is 18.2. The van der Waals surface area contributed by atoms with Gasteiger partial charge in [-0.2, -0.15) is 0 Å². The van der Waals surface area contributed by atoms with Gasteiger partial charge in [0, 0.05) is 47.4 Å². The summed E-state index contributed by atoms with van der Waals surface area (Å²) < 4.78 is 38.0. The van der Waals surface area contributed by atoms with Crippen molar-refractivity contribution in [1.29, 1.82) is 0 Å². The molecule has 2 atom stereocenters. The van der Waals surface area contributed by atoms with Crippen molar-refractivity contribution in [2.75, 3.05) is 50.3 Å². The third kappa shape index (κ3) is 16.5. The Morgan fingerprint density at radius 3 is 1.41 bits per heavy atom. The van der Waals surface area contributed by atoms with Crippen LogP contribution in [0, 0.1) is 0 Å². The molecule has 0 radical (unpaired) electrons. The monoisotopic (exact) mass is 1340 g/mol. The molecule has 21 nitrogen and oxygen atoms in total. The Balaban J connectivity index is 0.000000168. The van der Waals surface area contributed by atoms with E-state index in [4.69, 9.17) is 38.8 Å². The van der Waals surface area contributed by atoms with Crippen LogP contribution < -0.4 is 24.0 Å². The molecule has 0 bridgehead atoms. The maximum absolute atomic E-state index is 12.5. The molecule has 21 heteroatoms. The average Bonchev–Trinajstić information content (AvgIpc) is 1.54. The molecule has 6 aliphatic rings. The fourth-order valence-corrected chi connectivity index (χ4v) is 13.0. The molecule has 4 aliphatic heterocycles. The number of carbonyl (C=O) groups excluding carboxylic acids is 5. The number of carbonyl (C=O) groups is 6. The fourth-order valence-electron chi connectivity index (χ4n) is 13.0. The van der Waals surface area contributed by atoms with E-state index in [0.29, 0.717) is 29.3 Å². The van der Waals surface area contributed by atoms with Crippen LogP contribution in [0.5, 0.6) is 23.0 Å². The van der Waals surface area contributed by atoms with Gasteiger partial charge in [-0.3, -0.25) is 29.2 Å². The van der Waals surface area contributed by atoms with Gasteiger partial charge < -0.3 is 53.2 Å². The van der Waals surface area contributed by atoms with E-state index in [2.05, 4.69) is 120 Å². The van der Waals surface area contributed by atoms with Crippen LogP contribution in [0.1, 0.15) is 143 Å². The van der Waals surface area contributed by atoms with Crippen molar-refractivity contribution >= 4 is 98.5 Å². The van der Waals surface area contributed by atoms with Crippen LogP contribution >= 0.6 is 0 Å². The summed E-state index contributed by atoms with van der Waals surface area (Å²) in [6.07, 6.45) is 16.2. The third-order valence-corrected chi connectivity index (χ3v) is 18.6. The second-order valence-electron chi connectivity index (χ2n) is 26.2. The number of nitrogens with zero attached hydrogens (tertiary/aromatic N) is 6. The number of likely N-dealkylation sites (N-methyl/N-ethyl adjacent to an activating group) is 2. The Morgan fingerprint density at radius 1 is 0.551 bits per heavy atom. The van der Waals surface area contributed by atoms with Gasteiger partial charge in [-0.1, -0.05) is 112 Å². The van der Waals surface area contributed by atoms with Gasteiger partial charge in [0.05, 0.1) is 67.0 Å². The normalized spacial score (nSPS) is 18.7. The molecule has 0 aromatic heterocycles. The van der Waals surface area contributed by atoms with Crippen molar-refractivity contribution in [1.82, 2.24) is 0 Å². The Hall–Kier alpha value is -10.1. The van der Waals surface area contributed by atoms with E-state index in [9.17, 15) is 33.9 Å². The molecule has 0 saturated heterocycles. The van der Waals surface area contributed by atoms with Crippen LogP contribution in [0.4, 0.5) is 22.7 Å². The molecular weight excluding hydrogens is 1250 g/mol. The summed E-state index contributed by atoms with van der Waals surface area (Å²) in [5.74, 6) is -2.05. The lowest BCUT2D eigenvalue weighted by Crippen LogP contribution is -2.61. The first-order valence-electron chi connectivity index (χ1n) is 33.4. The smallest absolute Gasteiger partial charge is 0.333 e. The van der Waals surface area contributed by atoms with Crippen LogP contribution in [0.3, 0.4) is 0 Å². The van der Waals surface area contributed by atoms with E-state index in [0.717, 1.165) is 44.4 Å². The molecule has 6 aromatic rings. The number of ether oxygens (including phenoxy) is 7. The van der Waals surface area contributed by atoms with Crippen molar-refractivity contribution in [2.24, 2.45) is 20.0 Å². The number of para-hydroxylation sites is 2. The van der Waals surface area contributed by atoms with E-state index in [1.165, 1.54) is 89.2 Å². The lowest BCUT2D eigenvalue weighted by molar-refractivity contribution is -0.151. The number of aliphatic imine (C=N–C) groups is 4. The molecule has 98 heavy (non-hydrogen) atoms. The molecule has 2 N–H and O–H groups in total. The zero-order chi connectivity index (χ0) is 70.4. The number of carboxylic acid groups (broad SMARTS) is 1. The van der Waals surface area contributed by atoms with Gasteiger partial charge in [-0.05, 0) is 138 Å². The maximum atomic E-state index is 12.5. The number of carboxylic acids is 1. The van der Waals surface area contributed by atoms with Gasteiger partial charge in [-0.25, -0.2) is 19.6 Å². The van der Waals surface area contributed by atoms with Crippen LogP contribution in [-0.4, -0.2) is 129 Å². The van der Waals surface area contributed by atoms with Crippen molar-refractivity contribution in [3.63, 3.8) is 0 Å². The first-order chi connectivity index (χ1) is 46.8. The van der Waals surface area contributed by atoms with Crippen molar-refractivity contribution < 1.29 is 72.1 Å². The maximum Gasteiger partial charge on any atom is 0.333 e. The molecule has 6 aromatic carbocycles. The number of hydrogen-bond acceptors (Lipinski definition) is 20. The van der Waals surface area contributed by atoms with E-state index in [-0.39, 0.29) is 79.8 Å². The second kappa shape index (κ2) is 31.8. The van der Waals surface area contributed by atoms with E-state index < -0.39 is 47.3 Å². The van der Waals surface area contributed by atoms with Crippen LogP contribution in [0.25, 0.3) is 21.5 Å². The topological polar surface area (TPSA) is 263 Å². The van der Waals surface area contributed by atoms with Crippen LogP contribution in [-0.2, 0) is 58.5 Å². The van der Waals surface area contributed by atoms with Crippen molar-refractivity contribution in [3.05, 3.63) is 145 Å². The summed E-state index contributed by atoms with van der Waals surface area (Å²) in [5, 5.41) is 21.8. The minimum absolute atomic E-state index is 0.0650. The zero-order valence-electron chi connectivity index (χ0n) is 57.2. The summed E-state index contributed by atoms with van der Waals surface area (Å²) in [6, 6.07) is 39.2. The Kier molecular flexibility index (Phi) is 23.4. The lowest BCUT2D eigenvalue weighted by atomic mass is 9.77. The Labute approximate surface area is 571 Å². The molecule has 2 spiro atoms.